The monoisotopic (exact) mass is 198 g/mol. The molecule has 0 atom stereocenters. The maximum Gasteiger partial charge on any atom is 0.294 e. The van der Waals surface area contributed by atoms with Crippen molar-refractivity contribution >= 4 is 5.69 Å². The van der Waals surface area contributed by atoms with Crippen LogP contribution in [0.5, 0.6) is 0 Å². The predicted octanol–water partition coefficient (Wildman–Crippen LogP) is 1.30. The quantitative estimate of drug-likeness (QED) is 0.536. The van der Waals surface area contributed by atoms with Gasteiger partial charge < -0.3 is 4.84 Å². The van der Waals surface area contributed by atoms with Crippen LogP contribution in [0, 0.1) is 20.2 Å². The molecule has 0 saturated carbocycles. The molecule has 0 bridgehead atoms. The van der Waals surface area contributed by atoms with E-state index in [2.05, 4.69) is 4.84 Å². The average molecular weight is 198 g/mol. The van der Waals surface area contributed by atoms with Gasteiger partial charge in [-0.2, -0.15) is 0 Å². The van der Waals surface area contributed by atoms with E-state index in [9.17, 15) is 20.2 Å². The van der Waals surface area contributed by atoms with Crippen LogP contribution in [0.2, 0.25) is 0 Å². The molecule has 0 fully saturated rings. The molecule has 7 nitrogen and oxygen atoms in total. The van der Waals surface area contributed by atoms with E-state index in [0.29, 0.717) is 5.56 Å². The van der Waals surface area contributed by atoms with E-state index in [4.69, 9.17) is 0 Å². The van der Waals surface area contributed by atoms with Crippen LogP contribution >= 0.6 is 0 Å². The maximum atomic E-state index is 10.3. The van der Waals surface area contributed by atoms with Crippen molar-refractivity contribution in [1.82, 2.24) is 0 Å². The number of non-ortho nitro benzene ring substituents is 1. The SMILES string of the molecule is O=[N+]([O-])OCc1cccc([N+](=O)[O-])c1. The van der Waals surface area contributed by atoms with Gasteiger partial charge in [-0.3, -0.25) is 10.1 Å². The van der Waals surface area contributed by atoms with E-state index in [1.165, 1.54) is 24.3 Å². The standard InChI is InChI=1S/C7H6N2O5/c10-8(11)7-3-1-2-6(4-7)5-14-9(12)13/h1-4H,5H2. The molecule has 0 aliphatic carbocycles. The minimum absolute atomic E-state index is 0.116. The molecule has 0 aliphatic rings. The molecule has 0 radical (unpaired) electrons. The second-order valence-corrected chi connectivity index (χ2v) is 2.42. The summed E-state index contributed by atoms with van der Waals surface area (Å²) in [5, 5.41) is 19.2. The topological polar surface area (TPSA) is 95.5 Å². The van der Waals surface area contributed by atoms with Crippen molar-refractivity contribution in [1.29, 1.82) is 0 Å². The highest BCUT2D eigenvalue weighted by molar-refractivity contribution is 5.33. The third-order valence-corrected chi connectivity index (χ3v) is 1.46. The van der Waals surface area contributed by atoms with Crippen LogP contribution in [0.25, 0.3) is 0 Å². The Morgan fingerprint density at radius 2 is 2.00 bits per heavy atom. The highest BCUT2D eigenvalue weighted by Gasteiger charge is 2.06. The van der Waals surface area contributed by atoms with Crippen molar-refractivity contribution in [3.8, 4) is 0 Å². The molecule has 1 rings (SSSR count). The van der Waals surface area contributed by atoms with Crippen LogP contribution in [0.15, 0.2) is 24.3 Å². The van der Waals surface area contributed by atoms with Gasteiger partial charge in [-0.25, -0.2) is 0 Å². The number of hydrogen-bond acceptors (Lipinski definition) is 5. The molecule has 7 heteroatoms. The zero-order valence-electron chi connectivity index (χ0n) is 6.95. The third kappa shape index (κ3) is 2.70. The summed E-state index contributed by atoms with van der Waals surface area (Å²) in [5.74, 6) is 0. The molecular weight excluding hydrogens is 192 g/mol. The Bertz CT molecular complexity index is 365. The summed E-state index contributed by atoms with van der Waals surface area (Å²) in [6.07, 6.45) is 0. The first-order valence-electron chi connectivity index (χ1n) is 3.60. The van der Waals surface area contributed by atoms with Gasteiger partial charge in [0.25, 0.3) is 10.8 Å². The molecule has 14 heavy (non-hydrogen) atoms. The molecule has 0 unspecified atom stereocenters. The Labute approximate surface area is 78.2 Å². The fraction of sp³-hybridized carbons (Fsp3) is 0.143. The predicted molar refractivity (Wildman–Crippen MR) is 44.9 cm³/mol. The maximum absolute atomic E-state index is 10.3. The second-order valence-electron chi connectivity index (χ2n) is 2.42. The van der Waals surface area contributed by atoms with Crippen LogP contribution in [0.3, 0.4) is 0 Å². The molecular formula is C7H6N2O5. The van der Waals surface area contributed by atoms with Gasteiger partial charge in [0, 0.05) is 12.1 Å². The Hall–Kier alpha value is -2.18. The van der Waals surface area contributed by atoms with Crippen molar-refractivity contribution in [2.45, 2.75) is 6.61 Å². The summed E-state index contributed by atoms with van der Waals surface area (Å²) >= 11 is 0. The van der Waals surface area contributed by atoms with Gasteiger partial charge in [-0.05, 0) is 5.56 Å². The molecule has 0 saturated heterocycles. The number of hydrogen-bond donors (Lipinski definition) is 0. The largest absolute Gasteiger partial charge is 0.309 e. The lowest BCUT2D eigenvalue weighted by Gasteiger charge is -1.98. The minimum atomic E-state index is -0.946. The van der Waals surface area contributed by atoms with E-state index in [1.807, 2.05) is 0 Å². The smallest absolute Gasteiger partial charge is 0.294 e. The molecule has 0 heterocycles. The lowest BCUT2D eigenvalue weighted by atomic mass is 10.2. The van der Waals surface area contributed by atoms with E-state index in [1.54, 1.807) is 0 Å². The van der Waals surface area contributed by atoms with Crippen LogP contribution in [0.1, 0.15) is 5.56 Å². The molecule has 0 spiro atoms. The summed E-state index contributed by atoms with van der Waals surface area (Å²) in [6.45, 7) is -0.283. The van der Waals surface area contributed by atoms with Gasteiger partial charge in [0.15, 0.2) is 0 Å². The number of nitro benzene ring substituents is 1. The van der Waals surface area contributed by atoms with Crippen molar-refractivity contribution in [2.24, 2.45) is 0 Å². The number of nitrogens with zero attached hydrogens (tertiary/aromatic N) is 2. The molecule has 0 N–H and O–H groups in total. The zero-order chi connectivity index (χ0) is 10.6. The molecule has 0 aliphatic heterocycles. The third-order valence-electron chi connectivity index (χ3n) is 1.46. The average Bonchev–Trinajstić information content (AvgIpc) is 2.15. The normalized spacial score (nSPS) is 9.43. The first kappa shape index (κ1) is 9.90. The van der Waals surface area contributed by atoms with Gasteiger partial charge >= 0.3 is 0 Å². The number of nitro groups is 1. The summed E-state index contributed by atoms with van der Waals surface area (Å²) in [4.78, 5) is 23.7. The first-order chi connectivity index (χ1) is 6.59. The van der Waals surface area contributed by atoms with Crippen LogP contribution in [-0.2, 0) is 11.4 Å². The Kier molecular flexibility index (Phi) is 2.95. The Morgan fingerprint density at radius 1 is 1.29 bits per heavy atom. The Balaban J connectivity index is 2.73. The summed E-state index contributed by atoms with van der Waals surface area (Å²) in [5.41, 5.74) is 0.269. The molecule has 1 aromatic carbocycles. The molecule has 74 valence electrons. The summed E-state index contributed by atoms with van der Waals surface area (Å²) in [7, 11) is 0. The van der Waals surface area contributed by atoms with Crippen molar-refractivity contribution in [2.75, 3.05) is 0 Å². The number of rotatable bonds is 4. The highest BCUT2D eigenvalue weighted by Crippen LogP contribution is 2.13. The fourth-order valence-corrected chi connectivity index (χ4v) is 0.887. The van der Waals surface area contributed by atoms with Crippen LogP contribution in [0.4, 0.5) is 5.69 Å². The van der Waals surface area contributed by atoms with Gasteiger partial charge in [-0.15, -0.1) is 10.1 Å². The van der Waals surface area contributed by atoms with Gasteiger partial charge in [0.2, 0.25) is 0 Å². The highest BCUT2D eigenvalue weighted by atomic mass is 16.9. The van der Waals surface area contributed by atoms with E-state index < -0.39 is 10.0 Å². The van der Waals surface area contributed by atoms with E-state index in [-0.39, 0.29) is 12.3 Å². The van der Waals surface area contributed by atoms with Crippen molar-refractivity contribution < 1.29 is 14.8 Å². The van der Waals surface area contributed by atoms with E-state index >= 15 is 0 Å². The van der Waals surface area contributed by atoms with Crippen molar-refractivity contribution in [3.05, 3.63) is 50.1 Å². The first-order valence-corrected chi connectivity index (χ1v) is 3.60. The molecule has 0 aromatic heterocycles. The van der Waals surface area contributed by atoms with Gasteiger partial charge in [0.05, 0.1) is 4.92 Å². The molecule has 0 amide bonds. The summed E-state index contributed by atoms with van der Waals surface area (Å²) in [6, 6.07) is 5.48. The lowest BCUT2D eigenvalue weighted by Crippen LogP contribution is -2.00. The van der Waals surface area contributed by atoms with Crippen LogP contribution in [-0.4, -0.2) is 10.0 Å². The Morgan fingerprint density at radius 3 is 2.57 bits per heavy atom. The second kappa shape index (κ2) is 4.17. The fourth-order valence-electron chi connectivity index (χ4n) is 0.887. The lowest BCUT2D eigenvalue weighted by molar-refractivity contribution is -0.763. The zero-order valence-corrected chi connectivity index (χ0v) is 6.95. The number of benzene rings is 1. The van der Waals surface area contributed by atoms with Crippen LogP contribution < -0.4 is 0 Å². The summed E-state index contributed by atoms with van der Waals surface area (Å²) < 4.78 is 0. The van der Waals surface area contributed by atoms with Gasteiger partial charge in [-0.1, -0.05) is 12.1 Å². The van der Waals surface area contributed by atoms with E-state index in [0.717, 1.165) is 0 Å². The van der Waals surface area contributed by atoms with Crippen molar-refractivity contribution in [3.63, 3.8) is 0 Å². The minimum Gasteiger partial charge on any atom is -0.309 e. The molecule has 1 aromatic rings. The van der Waals surface area contributed by atoms with Gasteiger partial charge in [0.1, 0.15) is 6.61 Å².